The molecule has 0 bridgehead atoms. The topological polar surface area (TPSA) is 142 Å². The minimum atomic E-state index is -4.18. The zero-order valence-electron chi connectivity index (χ0n) is 15.1. The normalized spacial score (nSPS) is 11.1. The van der Waals surface area contributed by atoms with Crippen LogP contribution in [0.25, 0.3) is 0 Å². The van der Waals surface area contributed by atoms with E-state index in [4.69, 9.17) is 9.26 Å². The summed E-state index contributed by atoms with van der Waals surface area (Å²) in [5, 5.41) is 14.6. The van der Waals surface area contributed by atoms with Gasteiger partial charge in [0.15, 0.2) is 0 Å². The standard InChI is InChI=1S/C18H15N3O7S/c1-12-9-13(19-28-12)11-27-18(22)16-7-2-3-8-17(16)20-29(25,26)15-6-4-5-14(10-15)21(23)24/h2-10,20H,11H2,1H3. The number of ether oxygens (including phenoxy) is 1. The molecule has 0 radical (unpaired) electrons. The number of carbonyl (C=O) groups excluding carboxylic acids is 1. The average molecular weight is 417 g/mol. The fourth-order valence-corrected chi connectivity index (χ4v) is 3.54. The lowest BCUT2D eigenvalue weighted by Crippen LogP contribution is -2.16. The van der Waals surface area contributed by atoms with Gasteiger partial charge >= 0.3 is 5.97 Å². The van der Waals surface area contributed by atoms with Crippen LogP contribution in [0, 0.1) is 17.0 Å². The van der Waals surface area contributed by atoms with E-state index in [2.05, 4.69) is 9.88 Å². The first kappa shape index (κ1) is 20.0. The Morgan fingerprint density at radius 1 is 1.21 bits per heavy atom. The quantitative estimate of drug-likeness (QED) is 0.351. The van der Waals surface area contributed by atoms with Crippen molar-refractivity contribution in [2.24, 2.45) is 0 Å². The molecule has 10 nitrogen and oxygen atoms in total. The van der Waals surface area contributed by atoms with Crippen LogP contribution in [0.1, 0.15) is 21.8 Å². The molecule has 0 aliphatic rings. The molecule has 1 heterocycles. The molecule has 3 rings (SSSR count). The van der Waals surface area contributed by atoms with Gasteiger partial charge in [0.2, 0.25) is 0 Å². The molecular weight excluding hydrogens is 402 g/mol. The number of anilines is 1. The molecular formula is C18H15N3O7S. The number of sulfonamides is 1. The van der Waals surface area contributed by atoms with Crippen LogP contribution in [0.4, 0.5) is 11.4 Å². The Kier molecular flexibility index (Phi) is 5.59. The van der Waals surface area contributed by atoms with Crippen LogP contribution in [0.3, 0.4) is 0 Å². The number of aryl methyl sites for hydroxylation is 1. The maximum Gasteiger partial charge on any atom is 0.340 e. The fraction of sp³-hybridized carbons (Fsp3) is 0.111. The molecule has 3 aromatic rings. The molecule has 0 aliphatic heterocycles. The van der Waals surface area contributed by atoms with Crippen molar-refractivity contribution >= 4 is 27.4 Å². The number of para-hydroxylation sites is 1. The van der Waals surface area contributed by atoms with E-state index in [1.807, 2.05) is 0 Å². The van der Waals surface area contributed by atoms with Gasteiger partial charge < -0.3 is 9.26 Å². The zero-order valence-corrected chi connectivity index (χ0v) is 15.9. The molecule has 0 amide bonds. The summed E-state index contributed by atoms with van der Waals surface area (Å²) in [5.41, 5.74) is -0.0176. The summed E-state index contributed by atoms with van der Waals surface area (Å²) < 4.78 is 37.6. The average Bonchev–Trinajstić information content (AvgIpc) is 3.11. The Bertz CT molecular complexity index is 1170. The maximum atomic E-state index is 12.6. The number of benzene rings is 2. The van der Waals surface area contributed by atoms with Gasteiger partial charge in [0.1, 0.15) is 18.1 Å². The van der Waals surface area contributed by atoms with Crippen molar-refractivity contribution in [1.29, 1.82) is 0 Å². The number of carbonyl (C=O) groups is 1. The molecule has 29 heavy (non-hydrogen) atoms. The third kappa shape index (κ3) is 4.76. The first-order valence-corrected chi connectivity index (χ1v) is 9.70. The van der Waals surface area contributed by atoms with Crippen LogP contribution in [0.5, 0.6) is 0 Å². The monoisotopic (exact) mass is 417 g/mol. The maximum absolute atomic E-state index is 12.6. The van der Waals surface area contributed by atoms with E-state index in [0.717, 1.165) is 6.07 Å². The Morgan fingerprint density at radius 2 is 1.97 bits per heavy atom. The van der Waals surface area contributed by atoms with Gasteiger partial charge in [-0.1, -0.05) is 23.4 Å². The van der Waals surface area contributed by atoms with E-state index in [-0.39, 0.29) is 28.4 Å². The van der Waals surface area contributed by atoms with Gasteiger partial charge in [-0.3, -0.25) is 14.8 Å². The number of nitrogens with zero attached hydrogens (tertiary/aromatic N) is 2. The summed E-state index contributed by atoms with van der Waals surface area (Å²) in [4.78, 5) is 22.3. The van der Waals surface area contributed by atoms with Crippen molar-refractivity contribution in [2.75, 3.05) is 4.72 Å². The number of hydrogen-bond acceptors (Lipinski definition) is 8. The molecule has 0 saturated carbocycles. The summed E-state index contributed by atoms with van der Waals surface area (Å²) >= 11 is 0. The Morgan fingerprint density at radius 3 is 2.66 bits per heavy atom. The van der Waals surface area contributed by atoms with E-state index in [9.17, 15) is 23.3 Å². The summed E-state index contributed by atoms with van der Waals surface area (Å²) in [7, 11) is -4.18. The lowest BCUT2D eigenvalue weighted by atomic mass is 10.2. The van der Waals surface area contributed by atoms with Gasteiger partial charge in [0.25, 0.3) is 15.7 Å². The fourth-order valence-electron chi connectivity index (χ4n) is 2.42. The van der Waals surface area contributed by atoms with Gasteiger partial charge in [-0.2, -0.15) is 0 Å². The summed E-state index contributed by atoms with van der Waals surface area (Å²) in [6.45, 7) is 1.54. The first-order chi connectivity index (χ1) is 13.8. The molecule has 1 aromatic heterocycles. The lowest BCUT2D eigenvalue weighted by molar-refractivity contribution is -0.385. The number of hydrogen-bond donors (Lipinski definition) is 1. The number of rotatable bonds is 7. The molecule has 0 saturated heterocycles. The van der Waals surface area contributed by atoms with Crippen molar-refractivity contribution in [1.82, 2.24) is 5.16 Å². The summed E-state index contributed by atoms with van der Waals surface area (Å²) in [5.74, 6) is -0.218. The molecule has 0 atom stereocenters. The number of aromatic nitrogens is 1. The van der Waals surface area contributed by atoms with Crippen molar-refractivity contribution in [2.45, 2.75) is 18.4 Å². The second kappa shape index (κ2) is 8.10. The Hall–Kier alpha value is -3.73. The molecule has 1 N–H and O–H groups in total. The van der Waals surface area contributed by atoms with E-state index in [0.29, 0.717) is 11.5 Å². The van der Waals surface area contributed by atoms with Gasteiger partial charge in [0.05, 0.1) is 21.1 Å². The second-order valence-corrected chi connectivity index (χ2v) is 7.59. The molecule has 150 valence electrons. The van der Waals surface area contributed by atoms with Crippen LogP contribution < -0.4 is 4.72 Å². The smallest absolute Gasteiger partial charge is 0.340 e. The van der Waals surface area contributed by atoms with Crippen molar-refractivity contribution < 1.29 is 27.4 Å². The number of esters is 1. The third-order valence-corrected chi connectivity index (χ3v) is 5.12. The molecule has 0 unspecified atom stereocenters. The van der Waals surface area contributed by atoms with Gasteiger partial charge in [-0.25, -0.2) is 13.2 Å². The summed E-state index contributed by atoms with van der Waals surface area (Å²) in [6, 6.07) is 12.0. The Labute approximate surface area is 165 Å². The number of non-ortho nitro benzene ring substituents is 1. The second-order valence-electron chi connectivity index (χ2n) is 5.91. The molecule has 0 aliphatic carbocycles. The largest absolute Gasteiger partial charge is 0.455 e. The minimum Gasteiger partial charge on any atom is -0.455 e. The highest BCUT2D eigenvalue weighted by Gasteiger charge is 2.21. The van der Waals surface area contributed by atoms with Crippen molar-refractivity contribution in [3.8, 4) is 0 Å². The van der Waals surface area contributed by atoms with Gasteiger partial charge in [-0.05, 0) is 25.1 Å². The predicted molar refractivity (Wildman–Crippen MR) is 101 cm³/mol. The van der Waals surface area contributed by atoms with Crippen molar-refractivity contribution in [3.63, 3.8) is 0 Å². The molecule has 0 fully saturated rings. The minimum absolute atomic E-state index is 0.0262. The van der Waals surface area contributed by atoms with Crippen LogP contribution >= 0.6 is 0 Å². The number of nitrogens with one attached hydrogen (secondary N) is 1. The van der Waals surface area contributed by atoms with Crippen LogP contribution in [0.15, 0.2) is 64.0 Å². The highest BCUT2D eigenvalue weighted by atomic mass is 32.2. The van der Waals surface area contributed by atoms with E-state index < -0.39 is 20.9 Å². The predicted octanol–water partition coefficient (Wildman–Crippen LogP) is 3.05. The van der Waals surface area contributed by atoms with E-state index in [1.165, 1.54) is 36.4 Å². The SMILES string of the molecule is Cc1cc(COC(=O)c2ccccc2NS(=O)(=O)c2cccc([N+](=O)[O-])c2)no1. The number of nitro benzene ring substituents is 1. The van der Waals surface area contributed by atoms with E-state index in [1.54, 1.807) is 19.1 Å². The van der Waals surface area contributed by atoms with Crippen molar-refractivity contribution in [3.05, 3.63) is 81.7 Å². The zero-order chi connectivity index (χ0) is 21.0. The van der Waals surface area contributed by atoms with Crippen LogP contribution in [-0.4, -0.2) is 24.5 Å². The first-order valence-electron chi connectivity index (χ1n) is 8.22. The third-order valence-electron chi connectivity index (χ3n) is 3.76. The molecule has 11 heteroatoms. The summed E-state index contributed by atoms with van der Waals surface area (Å²) in [6.07, 6.45) is 0. The van der Waals surface area contributed by atoms with Crippen LogP contribution in [0.2, 0.25) is 0 Å². The highest BCUT2D eigenvalue weighted by molar-refractivity contribution is 7.92. The lowest BCUT2D eigenvalue weighted by Gasteiger charge is -2.12. The highest BCUT2D eigenvalue weighted by Crippen LogP contribution is 2.23. The molecule has 2 aromatic carbocycles. The molecule has 0 spiro atoms. The van der Waals surface area contributed by atoms with Gasteiger partial charge in [0, 0.05) is 18.2 Å². The Balaban J connectivity index is 1.82. The van der Waals surface area contributed by atoms with Crippen LogP contribution in [-0.2, 0) is 21.4 Å². The van der Waals surface area contributed by atoms with Gasteiger partial charge in [-0.15, -0.1) is 0 Å². The number of nitro groups is 1. The van der Waals surface area contributed by atoms with E-state index >= 15 is 0 Å².